The van der Waals surface area contributed by atoms with Crippen LogP contribution in [0.1, 0.15) is 40.5 Å². The minimum absolute atomic E-state index is 0.00918. The fraction of sp³-hybridized carbons (Fsp3) is 0.909. The molecule has 88 valence electrons. The van der Waals surface area contributed by atoms with Crippen molar-refractivity contribution in [1.82, 2.24) is 5.32 Å². The lowest BCUT2D eigenvalue weighted by molar-refractivity contribution is 0.0462. The Morgan fingerprint density at radius 2 is 2.20 bits per heavy atom. The molecular formula is C11H21NO3. The van der Waals surface area contributed by atoms with E-state index in [1.165, 1.54) is 0 Å². The SMILES string of the molecule is CC[C@@H]1C[C@]1(CO)NC(=O)OC(C)(C)C. The van der Waals surface area contributed by atoms with E-state index in [1.807, 2.05) is 20.8 Å². The minimum atomic E-state index is -0.489. The van der Waals surface area contributed by atoms with Gasteiger partial charge in [-0.15, -0.1) is 0 Å². The van der Waals surface area contributed by atoms with Crippen LogP contribution in [0.25, 0.3) is 0 Å². The maximum absolute atomic E-state index is 11.5. The second-order valence-corrected chi connectivity index (χ2v) is 5.25. The smallest absolute Gasteiger partial charge is 0.408 e. The van der Waals surface area contributed by atoms with Crippen LogP contribution in [-0.4, -0.2) is 28.9 Å². The van der Waals surface area contributed by atoms with Crippen LogP contribution in [-0.2, 0) is 4.74 Å². The lowest BCUT2D eigenvalue weighted by Gasteiger charge is -2.23. The summed E-state index contributed by atoms with van der Waals surface area (Å²) in [5.74, 6) is 0.384. The average molecular weight is 215 g/mol. The van der Waals surface area contributed by atoms with E-state index < -0.39 is 17.2 Å². The molecule has 0 unspecified atom stereocenters. The number of carbonyl (C=O) groups is 1. The quantitative estimate of drug-likeness (QED) is 0.753. The molecule has 0 aromatic heterocycles. The highest BCUT2D eigenvalue weighted by molar-refractivity contribution is 5.69. The van der Waals surface area contributed by atoms with Gasteiger partial charge in [-0.05, 0) is 33.1 Å². The van der Waals surface area contributed by atoms with E-state index in [0.717, 1.165) is 12.8 Å². The van der Waals surface area contributed by atoms with Gasteiger partial charge in [-0.25, -0.2) is 4.79 Å². The number of amides is 1. The second kappa shape index (κ2) is 4.00. The predicted octanol–water partition coefficient (Wildman–Crippen LogP) is 1.67. The van der Waals surface area contributed by atoms with Crippen LogP contribution in [0.15, 0.2) is 0 Å². The van der Waals surface area contributed by atoms with E-state index in [1.54, 1.807) is 0 Å². The number of alkyl carbamates (subject to hydrolysis) is 1. The number of hydrogen-bond acceptors (Lipinski definition) is 3. The van der Waals surface area contributed by atoms with Crippen molar-refractivity contribution in [3.8, 4) is 0 Å². The first kappa shape index (κ1) is 12.3. The zero-order valence-electron chi connectivity index (χ0n) is 9.96. The van der Waals surface area contributed by atoms with Gasteiger partial charge >= 0.3 is 6.09 Å². The van der Waals surface area contributed by atoms with E-state index in [4.69, 9.17) is 4.74 Å². The van der Waals surface area contributed by atoms with Gasteiger partial charge in [0.2, 0.25) is 0 Å². The molecular weight excluding hydrogens is 194 g/mol. The topological polar surface area (TPSA) is 58.6 Å². The Morgan fingerprint density at radius 3 is 2.53 bits per heavy atom. The summed E-state index contributed by atoms with van der Waals surface area (Å²) in [6.07, 6.45) is 1.38. The monoisotopic (exact) mass is 215 g/mol. The number of aliphatic hydroxyl groups is 1. The molecule has 2 atom stereocenters. The van der Waals surface area contributed by atoms with Crippen molar-refractivity contribution in [3.63, 3.8) is 0 Å². The van der Waals surface area contributed by atoms with E-state index in [2.05, 4.69) is 12.2 Å². The molecule has 0 aliphatic heterocycles. The maximum atomic E-state index is 11.5. The van der Waals surface area contributed by atoms with E-state index in [-0.39, 0.29) is 6.61 Å². The van der Waals surface area contributed by atoms with Crippen LogP contribution >= 0.6 is 0 Å². The van der Waals surface area contributed by atoms with Gasteiger partial charge in [-0.1, -0.05) is 13.3 Å². The molecule has 0 heterocycles. The summed E-state index contributed by atoms with van der Waals surface area (Å²) in [6.45, 7) is 7.51. The standard InChI is InChI=1S/C11H21NO3/c1-5-8-6-11(8,7-13)12-9(14)15-10(2,3)4/h8,13H,5-7H2,1-4H3,(H,12,14)/t8-,11-/m1/s1. The third kappa shape index (κ3) is 3.09. The number of hydrogen-bond donors (Lipinski definition) is 2. The molecule has 1 amide bonds. The molecule has 15 heavy (non-hydrogen) atoms. The number of aliphatic hydroxyl groups excluding tert-OH is 1. The largest absolute Gasteiger partial charge is 0.444 e. The van der Waals surface area contributed by atoms with Crippen molar-refractivity contribution in [2.24, 2.45) is 5.92 Å². The first-order valence-corrected chi connectivity index (χ1v) is 5.45. The van der Waals surface area contributed by atoms with E-state index >= 15 is 0 Å². The summed E-state index contributed by atoms with van der Waals surface area (Å²) in [6, 6.07) is 0. The van der Waals surface area contributed by atoms with Crippen LogP contribution < -0.4 is 5.32 Å². The van der Waals surface area contributed by atoms with Crippen molar-refractivity contribution >= 4 is 6.09 Å². The zero-order chi connectivity index (χ0) is 11.7. The average Bonchev–Trinajstić information content (AvgIpc) is 2.76. The van der Waals surface area contributed by atoms with Crippen molar-refractivity contribution in [2.45, 2.75) is 51.7 Å². The van der Waals surface area contributed by atoms with Gasteiger partial charge < -0.3 is 15.2 Å². The Morgan fingerprint density at radius 1 is 1.60 bits per heavy atom. The third-order valence-corrected chi connectivity index (χ3v) is 2.76. The molecule has 1 aliphatic rings. The summed E-state index contributed by atoms with van der Waals surface area (Å²) >= 11 is 0. The van der Waals surface area contributed by atoms with E-state index in [9.17, 15) is 9.90 Å². The van der Waals surface area contributed by atoms with Crippen LogP contribution in [0.5, 0.6) is 0 Å². The van der Waals surface area contributed by atoms with Gasteiger partial charge in [0, 0.05) is 0 Å². The summed E-state index contributed by atoms with van der Waals surface area (Å²) in [7, 11) is 0. The van der Waals surface area contributed by atoms with E-state index in [0.29, 0.717) is 5.92 Å². The van der Waals surface area contributed by atoms with Crippen molar-refractivity contribution in [1.29, 1.82) is 0 Å². The van der Waals surface area contributed by atoms with Gasteiger partial charge in [-0.3, -0.25) is 0 Å². The number of carbonyl (C=O) groups excluding carboxylic acids is 1. The number of ether oxygens (including phenoxy) is 1. The molecule has 4 heteroatoms. The fourth-order valence-electron chi connectivity index (χ4n) is 1.81. The zero-order valence-corrected chi connectivity index (χ0v) is 9.96. The highest BCUT2D eigenvalue weighted by Gasteiger charge is 2.54. The first-order valence-electron chi connectivity index (χ1n) is 5.45. The lowest BCUT2D eigenvalue weighted by Crippen LogP contribution is -2.44. The van der Waals surface area contributed by atoms with Gasteiger partial charge in [0.25, 0.3) is 0 Å². The molecule has 0 saturated heterocycles. The highest BCUT2D eigenvalue weighted by Crippen LogP contribution is 2.45. The van der Waals surface area contributed by atoms with Crippen LogP contribution in [0.3, 0.4) is 0 Å². The Bertz CT molecular complexity index is 247. The van der Waals surface area contributed by atoms with Gasteiger partial charge in [0.1, 0.15) is 5.60 Å². The molecule has 2 N–H and O–H groups in total. The first-order chi connectivity index (χ1) is 6.83. The third-order valence-electron chi connectivity index (χ3n) is 2.76. The van der Waals surface area contributed by atoms with Crippen molar-refractivity contribution in [2.75, 3.05) is 6.61 Å². The summed E-state index contributed by atoms with van der Waals surface area (Å²) in [5.41, 5.74) is -0.908. The Labute approximate surface area is 91.0 Å². The van der Waals surface area contributed by atoms with Crippen LogP contribution in [0.4, 0.5) is 4.79 Å². The van der Waals surface area contributed by atoms with Gasteiger partial charge in [0.15, 0.2) is 0 Å². The Kier molecular flexibility index (Phi) is 3.28. The number of rotatable bonds is 3. The number of nitrogens with one attached hydrogen (secondary N) is 1. The maximum Gasteiger partial charge on any atom is 0.408 e. The van der Waals surface area contributed by atoms with Crippen LogP contribution in [0.2, 0.25) is 0 Å². The molecule has 0 spiro atoms. The Hall–Kier alpha value is -0.770. The lowest BCUT2D eigenvalue weighted by atomic mass is 10.2. The van der Waals surface area contributed by atoms with Gasteiger partial charge in [0.05, 0.1) is 12.1 Å². The molecule has 4 nitrogen and oxygen atoms in total. The molecule has 0 bridgehead atoms. The highest BCUT2D eigenvalue weighted by atomic mass is 16.6. The normalized spacial score (nSPS) is 29.8. The molecule has 1 fully saturated rings. The fourth-order valence-corrected chi connectivity index (χ4v) is 1.81. The van der Waals surface area contributed by atoms with Gasteiger partial charge in [-0.2, -0.15) is 0 Å². The van der Waals surface area contributed by atoms with Crippen molar-refractivity contribution < 1.29 is 14.6 Å². The molecule has 0 aromatic rings. The molecule has 0 aromatic carbocycles. The van der Waals surface area contributed by atoms with Crippen molar-refractivity contribution in [3.05, 3.63) is 0 Å². The molecule has 1 rings (SSSR count). The predicted molar refractivity (Wildman–Crippen MR) is 57.6 cm³/mol. The van der Waals surface area contributed by atoms with Crippen LogP contribution in [0, 0.1) is 5.92 Å². The summed E-state index contributed by atoms with van der Waals surface area (Å²) < 4.78 is 5.15. The molecule has 1 aliphatic carbocycles. The summed E-state index contributed by atoms with van der Waals surface area (Å²) in [5, 5.41) is 12.0. The molecule has 1 saturated carbocycles. The Balaban J connectivity index is 2.45. The second-order valence-electron chi connectivity index (χ2n) is 5.25. The minimum Gasteiger partial charge on any atom is -0.444 e. The summed E-state index contributed by atoms with van der Waals surface area (Å²) in [4.78, 5) is 11.5. The molecule has 0 radical (unpaired) electrons.